The number of hydrogen-bond donors (Lipinski definition) is 4. The zero-order chi connectivity index (χ0) is 53.1. The number of hydrogen-bond acceptors (Lipinski definition) is 11. The molecule has 0 aromatic carbocycles. The summed E-state index contributed by atoms with van der Waals surface area (Å²) in [7, 11) is -5.07. The Hall–Kier alpha value is -1.94. The molecular weight excluding hydrogens is 945 g/mol. The number of unbranched alkanes of at least 4 members (excludes halogenated alkanes) is 32. The van der Waals surface area contributed by atoms with Crippen LogP contribution < -0.4 is 0 Å². The zero-order valence-electron chi connectivity index (χ0n) is 46.5. The summed E-state index contributed by atoms with van der Waals surface area (Å²) >= 11 is 0. The minimum Gasteiger partial charge on any atom is -0.457 e. The number of ether oxygens (including phenoxy) is 4. The molecule has 12 nitrogen and oxygen atoms in total. The number of carbonyl (C=O) groups excluding carboxylic acids is 1. The lowest BCUT2D eigenvalue weighted by molar-refractivity contribution is -0.301. The van der Waals surface area contributed by atoms with Crippen LogP contribution in [-0.2, 0) is 38.3 Å². The molecule has 428 valence electrons. The van der Waals surface area contributed by atoms with Gasteiger partial charge < -0.3 is 34.3 Å². The molecule has 0 aliphatic carbocycles. The summed E-state index contributed by atoms with van der Waals surface area (Å²) in [5.74, 6) is -0.396. The summed E-state index contributed by atoms with van der Waals surface area (Å²) in [5, 5.41) is 30.9. The third-order valence-corrected chi connectivity index (χ3v) is 14.2. The van der Waals surface area contributed by atoms with Crippen LogP contribution in [0.1, 0.15) is 264 Å². The Morgan fingerprint density at radius 1 is 0.534 bits per heavy atom. The van der Waals surface area contributed by atoms with Crippen LogP contribution in [0.15, 0.2) is 48.6 Å². The van der Waals surface area contributed by atoms with E-state index in [1.165, 1.54) is 167 Å². The third-order valence-electron chi connectivity index (χ3n) is 13.7. The molecule has 1 aliphatic rings. The Morgan fingerprint density at radius 3 is 1.38 bits per heavy atom. The largest absolute Gasteiger partial charge is 0.457 e. The smallest absolute Gasteiger partial charge is 0.397 e. The summed E-state index contributed by atoms with van der Waals surface area (Å²) in [6.45, 7) is 3.92. The maximum Gasteiger partial charge on any atom is 0.397 e. The van der Waals surface area contributed by atoms with Crippen LogP contribution in [0, 0.1) is 0 Å². The van der Waals surface area contributed by atoms with Gasteiger partial charge in [0.05, 0.1) is 19.8 Å². The van der Waals surface area contributed by atoms with Crippen molar-refractivity contribution in [1.82, 2.24) is 0 Å². The first-order valence-corrected chi connectivity index (χ1v) is 31.3. The molecule has 0 amide bonds. The van der Waals surface area contributed by atoms with Crippen LogP contribution in [0.25, 0.3) is 0 Å². The first-order chi connectivity index (χ1) is 35.6. The van der Waals surface area contributed by atoms with Gasteiger partial charge in [-0.15, -0.1) is 0 Å². The second-order valence-corrected chi connectivity index (χ2v) is 21.6. The van der Waals surface area contributed by atoms with E-state index in [4.69, 9.17) is 18.9 Å². The van der Waals surface area contributed by atoms with Crippen LogP contribution in [-0.4, -0.2) is 97.5 Å². The topological polar surface area (TPSA) is 178 Å². The average Bonchev–Trinajstić information content (AvgIpc) is 3.37. The van der Waals surface area contributed by atoms with E-state index >= 15 is 0 Å². The quantitative estimate of drug-likeness (QED) is 0.0196. The minimum absolute atomic E-state index is 0.0336. The fraction of sp³-hybridized carbons (Fsp3) is 0.850. The highest BCUT2D eigenvalue weighted by Gasteiger charge is 2.48. The Morgan fingerprint density at radius 2 is 0.945 bits per heavy atom. The van der Waals surface area contributed by atoms with E-state index in [2.05, 4.69) is 66.6 Å². The van der Waals surface area contributed by atoms with Crippen molar-refractivity contribution in [2.24, 2.45) is 0 Å². The molecule has 0 aromatic rings. The molecule has 1 fully saturated rings. The predicted molar refractivity (Wildman–Crippen MR) is 299 cm³/mol. The predicted octanol–water partition coefficient (Wildman–Crippen LogP) is 15.0. The van der Waals surface area contributed by atoms with E-state index in [1.54, 1.807) is 0 Å². The van der Waals surface area contributed by atoms with Crippen LogP contribution in [0.2, 0.25) is 0 Å². The van der Waals surface area contributed by atoms with Crippen molar-refractivity contribution in [1.29, 1.82) is 0 Å². The average molecular weight is 1060 g/mol. The van der Waals surface area contributed by atoms with E-state index in [1.807, 2.05) is 0 Å². The van der Waals surface area contributed by atoms with Crippen LogP contribution in [0.3, 0.4) is 0 Å². The van der Waals surface area contributed by atoms with E-state index in [0.717, 1.165) is 70.6 Å². The van der Waals surface area contributed by atoms with Gasteiger partial charge in [0, 0.05) is 13.0 Å². The summed E-state index contributed by atoms with van der Waals surface area (Å²) in [4.78, 5) is 13.0. The van der Waals surface area contributed by atoms with Crippen molar-refractivity contribution in [3.8, 4) is 0 Å². The normalized spacial score (nSPS) is 19.1. The summed E-state index contributed by atoms with van der Waals surface area (Å²) in [6.07, 6.45) is 55.8. The molecule has 0 aromatic heterocycles. The number of aliphatic hydroxyl groups excluding tert-OH is 3. The van der Waals surface area contributed by atoms with Crippen molar-refractivity contribution in [3.63, 3.8) is 0 Å². The van der Waals surface area contributed by atoms with Crippen molar-refractivity contribution >= 4 is 16.4 Å². The third kappa shape index (κ3) is 43.8. The van der Waals surface area contributed by atoms with Gasteiger partial charge in [0.1, 0.15) is 30.5 Å². The molecular formula is C60H110O12S. The number of esters is 1. The Labute approximate surface area is 446 Å². The molecule has 1 rings (SSSR count). The van der Waals surface area contributed by atoms with Gasteiger partial charge in [-0.2, -0.15) is 8.42 Å². The lowest BCUT2D eigenvalue weighted by Gasteiger charge is -2.41. The SMILES string of the molecule is CC/C=C\C/C=C\C/C=C\C/C=C\CCCCCCCCCCCOCC(COC1OC(CO)C(O)C(OS(=O)(=O)O)C1O)OC(=O)CCCCCCCCCCCCCCCCCCCCCCCCCC. The number of allylic oxidation sites excluding steroid dienone is 8. The fourth-order valence-electron chi connectivity index (χ4n) is 9.26. The van der Waals surface area contributed by atoms with Gasteiger partial charge in [-0.3, -0.25) is 9.35 Å². The lowest BCUT2D eigenvalue weighted by Crippen LogP contribution is -2.60. The molecule has 0 radical (unpaired) electrons. The minimum atomic E-state index is -5.07. The highest BCUT2D eigenvalue weighted by Crippen LogP contribution is 2.26. The summed E-state index contributed by atoms with van der Waals surface area (Å²) in [5.41, 5.74) is 0. The van der Waals surface area contributed by atoms with E-state index < -0.39 is 59.8 Å². The molecule has 0 bridgehead atoms. The molecule has 4 N–H and O–H groups in total. The second-order valence-electron chi connectivity index (χ2n) is 20.6. The number of rotatable bonds is 53. The van der Waals surface area contributed by atoms with E-state index in [-0.39, 0.29) is 19.6 Å². The molecule has 73 heavy (non-hydrogen) atoms. The maximum absolute atomic E-state index is 13.0. The highest BCUT2D eigenvalue weighted by molar-refractivity contribution is 7.80. The molecule has 1 heterocycles. The molecule has 0 spiro atoms. The summed E-state index contributed by atoms with van der Waals surface area (Å²) in [6, 6.07) is 0. The Bertz CT molecular complexity index is 1450. The van der Waals surface area contributed by atoms with Gasteiger partial charge >= 0.3 is 16.4 Å². The molecule has 0 saturated carbocycles. The highest BCUT2D eigenvalue weighted by atomic mass is 32.3. The van der Waals surface area contributed by atoms with Gasteiger partial charge in [0.25, 0.3) is 0 Å². The summed E-state index contributed by atoms with van der Waals surface area (Å²) < 4.78 is 59.5. The van der Waals surface area contributed by atoms with Crippen LogP contribution in [0.4, 0.5) is 0 Å². The first kappa shape index (κ1) is 69.1. The van der Waals surface area contributed by atoms with Gasteiger partial charge in [-0.25, -0.2) is 4.18 Å². The Balaban J connectivity index is 2.27. The van der Waals surface area contributed by atoms with Crippen molar-refractivity contribution in [2.45, 2.75) is 301 Å². The van der Waals surface area contributed by atoms with Crippen LogP contribution in [0.5, 0.6) is 0 Å². The first-order valence-electron chi connectivity index (χ1n) is 29.9. The monoisotopic (exact) mass is 1050 g/mol. The molecule has 6 atom stereocenters. The molecule has 1 aliphatic heterocycles. The molecule has 6 unspecified atom stereocenters. The Kier molecular flexibility index (Phi) is 48.1. The zero-order valence-corrected chi connectivity index (χ0v) is 47.3. The van der Waals surface area contributed by atoms with Crippen molar-refractivity contribution in [3.05, 3.63) is 48.6 Å². The van der Waals surface area contributed by atoms with E-state index in [0.29, 0.717) is 13.0 Å². The van der Waals surface area contributed by atoms with Crippen molar-refractivity contribution in [2.75, 3.05) is 26.4 Å². The van der Waals surface area contributed by atoms with Crippen molar-refractivity contribution < 1.29 is 56.2 Å². The van der Waals surface area contributed by atoms with Crippen LogP contribution >= 0.6 is 0 Å². The number of aliphatic hydroxyl groups is 3. The van der Waals surface area contributed by atoms with Gasteiger partial charge in [0.15, 0.2) is 6.29 Å². The second kappa shape index (κ2) is 50.9. The lowest BCUT2D eigenvalue weighted by atomic mass is 9.99. The fourth-order valence-corrected chi connectivity index (χ4v) is 9.76. The van der Waals surface area contributed by atoms with Gasteiger partial charge in [-0.1, -0.05) is 255 Å². The van der Waals surface area contributed by atoms with Gasteiger partial charge in [0.2, 0.25) is 0 Å². The number of carbonyl (C=O) groups is 1. The standard InChI is InChI=1S/C60H110O12S/c1-3-5-7-9-11-13-15-17-19-21-23-25-27-28-29-31-33-35-37-39-41-43-45-47-49-56(62)70-54(53-69-60-58(64)59(72-73(65,66)67)57(63)55(51-61)71-60)52-68-50-48-46-44-42-40-38-36-34-32-30-26-24-22-20-18-16-14-12-10-8-6-4-2/h6,8,12,14,18,20,24,26,54-55,57-61,63-64H,3-5,7,9-11,13,15-17,19,21-23,25,27-53H2,1-2H3,(H,65,66,67)/b8-6-,14-12-,20-18-,26-24-. The van der Waals surface area contributed by atoms with E-state index in [9.17, 15) is 33.1 Å². The molecule has 13 heteroatoms. The van der Waals surface area contributed by atoms with Gasteiger partial charge in [-0.05, 0) is 51.4 Å². The maximum atomic E-state index is 13.0. The molecule has 1 saturated heterocycles.